The number of aliphatic hydroxyl groups excluding tert-OH is 1. The molecule has 0 aromatic rings. The fourth-order valence-corrected chi connectivity index (χ4v) is 2.59. The van der Waals surface area contributed by atoms with Crippen molar-refractivity contribution in [2.75, 3.05) is 26.7 Å². The first-order valence-electron chi connectivity index (χ1n) is 8.49. The van der Waals surface area contributed by atoms with Crippen molar-refractivity contribution in [2.45, 2.75) is 71.1 Å². The first-order valence-corrected chi connectivity index (χ1v) is 8.49. The lowest BCUT2D eigenvalue weighted by molar-refractivity contribution is 0.120. The van der Waals surface area contributed by atoms with Crippen LogP contribution in [0.5, 0.6) is 0 Å². The molecule has 5 heteroatoms. The van der Waals surface area contributed by atoms with Crippen molar-refractivity contribution in [3.8, 4) is 0 Å². The number of nitrogens with zero attached hydrogens (tertiary/aromatic N) is 2. The topological polar surface area (TPSA) is 59.9 Å². The highest BCUT2D eigenvalue weighted by Gasteiger charge is 2.19. The molecule has 0 amide bonds. The van der Waals surface area contributed by atoms with E-state index in [0.29, 0.717) is 12.1 Å². The van der Waals surface area contributed by atoms with Crippen LogP contribution in [0.3, 0.4) is 0 Å². The lowest BCUT2D eigenvalue weighted by atomic mass is 9.93. The zero-order valence-corrected chi connectivity index (χ0v) is 14.2. The number of aliphatic hydroxyl groups is 1. The van der Waals surface area contributed by atoms with Crippen LogP contribution >= 0.6 is 0 Å². The number of guanidine groups is 1. The number of nitrogens with one attached hydrogen (secondary N) is 2. The van der Waals surface area contributed by atoms with Crippen molar-refractivity contribution in [3.05, 3.63) is 0 Å². The van der Waals surface area contributed by atoms with Crippen LogP contribution in [0.15, 0.2) is 4.99 Å². The van der Waals surface area contributed by atoms with Gasteiger partial charge in [-0.3, -0.25) is 4.99 Å². The number of aliphatic imine (C=N–C) groups is 1. The highest BCUT2D eigenvalue weighted by Crippen LogP contribution is 2.18. The van der Waals surface area contributed by atoms with E-state index >= 15 is 0 Å². The Morgan fingerprint density at radius 1 is 1.29 bits per heavy atom. The lowest BCUT2D eigenvalue weighted by Gasteiger charge is -2.28. The van der Waals surface area contributed by atoms with Crippen LogP contribution in [0.25, 0.3) is 0 Å². The minimum atomic E-state index is -0.105. The van der Waals surface area contributed by atoms with Gasteiger partial charge in [0.2, 0.25) is 0 Å². The minimum Gasteiger partial charge on any atom is -0.393 e. The Kier molecular flexibility index (Phi) is 8.69. The monoisotopic (exact) mass is 298 g/mol. The molecule has 0 bridgehead atoms. The molecule has 0 spiro atoms. The summed E-state index contributed by atoms with van der Waals surface area (Å²) in [6, 6.07) is 1.05. The molecule has 1 unspecified atom stereocenters. The Labute approximate surface area is 130 Å². The van der Waals surface area contributed by atoms with Gasteiger partial charge < -0.3 is 20.6 Å². The SMILES string of the molecule is CCNC(=NCCN(C)C(C)CC)NC1CCC(O)CC1. The standard InChI is InChI=1S/C16H34N4O/c1-5-13(3)20(4)12-11-18-16(17-6-2)19-14-7-9-15(21)10-8-14/h13-15,21H,5-12H2,1-4H3,(H2,17,18,19). The molecule has 1 fully saturated rings. The molecule has 124 valence electrons. The van der Waals surface area contributed by atoms with Gasteiger partial charge in [-0.05, 0) is 53.0 Å². The molecule has 0 saturated heterocycles. The molecule has 1 aliphatic rings. The number of hydrogen-bond donors (Lipinski definition) is 3. The van der Waals surface area contributed by atoms with E-state index in [4.69, 9.17) is 0 Å². The summed E-state index contributed by atoms with van der Waals surface area (Å²) < 4.78 is 0. The summed E-state index contributed by atoms with van der Waals surface area (Å²) in [5.74, 6) is 0.913. The first-order chi connectivity index (χ1) is 10.1. The van der Waals surface area contributed by atoms with Gasteiger partial charge >= 0.3 is 0 Å². The van der Waals surface area contributed by atoms with Crippen molar-refractivity contribution >= 4 is 5.96 Å². The second-order valence-electron chi connectivity index (χ2n) is 6.15. The molecule has 1 rings (SSSR count). The Morgan fingerprint density at radius 3 is 2.52 bits per heavy atom. The van der Waals surface area contributed by atoms with Gasteiger partial charge in [0.1, 0.15) is 0 Å². The second kappa shape index (κ2) is 10.0. The van der Waals surface area contributed by atoms with Crippen molar-refractivity contribution < 1.29 is 5.11 Å². The fourth-order valence-electron chi connectivity index (χ4n) is 2.59. The van der Waals surface area contributed by atoms with E-state index in [-0.39, 0.29) is 6.10 Å². The number of rotatable bonds is 7. The van der Waals surface area contributed by atoms with Crippen LogP contribution in [0.2, 0.25) is 0 Å². The third-order valence-corrected chi connectivity index (χ3v) is 4.45. The van der Waals surface area contributed by atoms with Gasteiger partial charge in [-0.1, -0.05) is 6.92 Å². The largest absolute Gasteiger partial charge is 0.393 e. The van der Waals surface area contributed by atoms with E-state index in [1.807, 2.05) is 0 Å². The zero-order valence-electron chi connectivity index (χ0n) is 14.2. The second-order valence-corrected chi connectivity index (χ2v) is 6.15. The molecule has 0 aromatic heterocycles. The minimum absolute atomic E-state index is 0.105. The quantitative estimate of drug-likeness (QED) is 0.493. The lowest BCUT2D eigenvalue weighted by Crippen LogP contribution is -2.45. The fraction of sp³-hybridized carbons (Fsp3) is 0.938. The van der Waals surface area contributed by atoms with Gasteiger partial charge in [-0.25, -0.2) is 0 Å². The molecule has 3 N–H and O–H groups in total. The smallest absolute Gasteiger partial charge is 0.191 e. The molecular formula is C16H34N4O. The van der Waals surface area contributed by atoms with Crippen LogP contribution in [0.4, 0.5) is 0 Å². The van der Waals surface area contributed by atoms with Gasteiger partial charge in [0.05, 0.1) is 12.6 Å². The Morgan fingerprint density at radius 2 is 1.95 bits per heavy atom. The van der Waals surface area contributed by atoms with E-state index in [2.05, 4.69) is 48.3 Å². The molecule has 1 saturated carbocycles. The highest BCUT2D eigenvalue weighted by molar-refractivity contribution is 5.80. The molecule has 21 heavy (non-hydrogen) atoms. The predicted octanol–water partition coefficient (Wildman–Crippen LogP) is 1.58. The van der Waals surface area contributed by atoms with Crippen molar-refractivity contribution in [3.63, 3.8) is 0 Å². The molecule has 1 atom stereocenters. The number of hydrogen-bond acceptors (Lipinski definition) is 3. The maximum absolute atomic E-state index is 9.56. The third-order valence-electron chi connectivity index (χ3n) is 4.45. The van der Waals surface area contributed by atoms with Crippen molar-refractivity contribution in [2.24, 2.45) is 4.99 Å². The van der Waals surface area contributed by atoms with E-state index in [1.54, 1.807) is 0 Å². The molecule has 0 radical (unpaired) electrons. The molecule has 1 aliphatic carbocycles. The highest BCUT2D eigenvalue weighted by atomic mass is 16.3. The molecule has 0 aromatic carbocycles. The summed E-state index contributed by atoms with van der Waals surface area (Å²) in [4.78, 5) is 7.02. The number of likely N-dealkylation sites (N-methyl/N-ethyl adjacent to an activating group) is 1. The Hall–Kier alpha value is -0.810. The van der Waals surface area contributed by atoms with Crippen LogP contribution < -0.4 is 10.6 Å². The summed E-state index contributed by atoms with van der Waals surface area (Å²) in [6.07, 6.45) is 4.91. The summed E-state index contributed by atoms with van der Waals surface area (Å²) in [6.45, 7) is 9.23. The summed E-state index contributed by atoms with van der Waals surface area (Å²) in [5.41, 5.74) is 0. The van der Waals surface area contributed by atoms with Gasteiger partial charge in [0, 0.05) is 25.2 Å². The zero-order chi connectivity index (χ0) is 15.7. The maximum atomic E-state index is 9.56. The van der Waals surface area contributed by atoms with Gasteiger partial charge in [-0.2, -0.15) is 0 Å². The predicted molar refractivity (Wildman–Crippen MR) is 89.8 cm³/mol. The van der Waals surface area contributed by atoms with Crippen LogP contribution in [0.1, 0.15) is 52.9 Å². The van der Waals surface area contributed by atoms with E-state index < -0.39 is 0 Å². The van der Waals surface area contributed by atoms with Crippen LogP contribution in [-0.2, 0) is 0 Å². The van der Waals surface area contributed by atoms with E-state index in [1.165, 1.54) is 6.42 Å². The molecule has 5 nitrogen and oxygen atoms in total. The average Bonchev–Trinajstić information content (AvgIpc) is 2.48. The van der Waals surface area contributed by atoms with Crippen LogP contribution in [-0.4, -0.2) is 60.8 Å². The van der Waals surface area contributed by atoms with Crippen LogP contribution in [0, 0.1) is 0 Å². The molecule has 0 aliphatic heterocycles. The summed E-state index contributed by atoms with van der Waals surface area (Å²) >= 11 is 0. The van der Waals surface area contributed by atoms with E-state index in [9.17, 15) is 5.11 Å². The normalized spacial score (nSPS) is 25.0. The van der Waals surface area contributed by atoms with E-state index in [0.717, 1.165) is 51.3 Å². The maximum Gasteiger partial charge on any atom is 0.191 e. The third kappa shape index (κ3) is 7.14. The Bertz CT molecular complexity index is 301. The van der Waals surface area contributed by atoms with Gasteiger partial charge in [0.15, 0.2) is 5.96 Å². The van der Waals surface area contributed by atoms with Gasteiger partial charge in [0.25, 0.3) is 0 Å². The van der Waals surface area contributed by atoms with Gasteiger partial charge in [-0.15, -0.1) is 0 Å². The average molecular weight is 298 g/mol. The summed E-state index contributed by atoms with van der Waals surface area (Å²) in [7, 11) is 2.16. The first kappa shape index (κ1) is 18.2. The van der Waals surface area contributed by atoms with Crippen molar-refractivity contribution in [1.29, 1.82) is 0 Å². The molecule has 0 heterocycles. The van der Waals surface area contributed by atoms with Crippen molar-refractivity contribution in [1.82, 2.24) is 15.5 Å². The Balaban J connectivity index is 2.39. The molecular weight excluding hydrogens is 264 g/mol. The summed E-state index contributed by atoms with van der Waals surface area (Å²) in [5, 5.41) is 16.4.